The fourth-order valence-electron chi connectivity index (χ4n) is 1.78. The van der Waals surface area contributed by atoms with Crippen molar-refractivity contribution in [3.8, 4) is 11.5 Å². The first kappa shape index (κ1) is 16.7. The average molecular weight is 331 g/mol. The Balaban J connectivity index is 2.38. The maximum absolute atomic E-state index is 13.7. The summed E-state index contributed by atoms with van der Waals surface area (Å²) in [4.78, 5) is 0. The Morgan fingerprint density at radius 3 is 2.22 bits per heavy atom. The summed E-state index contributed by atoms with van der Waals surface area (Å²) >= 11 is 0. The van der Waals surface area contributed by atoms with Crippen LogP contribution in [0.15, 0.2) is 41.6 Å². The molecule has 0 amide bonds. The predicted molar refractivity (Wildman–Crippen MR) is 71.9 cm³/mol. The lowest BCUT2D eigenvalue weighted by molar-refractivity contribution is -0.138. The maximum Gasteiger partial charge on any atom is 0.416 e. The van der Waals surface area contributed by atoms with Crippen LogP contribution in [0.1, 0.15) is 18.1 Å². The quantitative estimate of drug-likeness (QED) is 0.373. The van der Waals surface area contributed by atoms with Crippen molar-refractivity contribution in [2.45, 2.75) is 13.1 Å². The number of rotatable bonds is 3. The Hall–Kier alpha value is -2.64. The fraction of sp³-hybridized carbons (Fsp3) is 0.133. The second kappa shape index (κ2) is 6.23. The molecule has 0 aliphatic heterocycles. The Kier molecular flexibility index (Phi) is 4.53. The van der Waals surface area contributed by atoms with E-state index in [2.05, 4.69) is 5.16 Å². The van der Waals surface area contributed by atoms with Gasteiger partial charge in [0.15, 0.2) is 17.4 Å². The molecule has 122 valence electrons. The Labute approximate surface area is 127 Å². The molecule has 0 unspecified atom stereocenters. The van der Waals surface area contributed by atoms with E-state index in [0.717, 1.165) is 0 Å². The van der Waals surface area contributed by atoms with Crippen molar-refractivity contribution in [1.82, 2.24) is 0 Å². The highest BCUT2D eigenvalue weighted by atomic mass is 19.4. The van der Waals surface area contributed by atoms with Gasteiger partial charge in [0, 0.05) is 5.56 Å². The zero-order chi connectivity index (χ0) is 17.2. The van der Waals surface area contributed by atoms with Gasteiger partial charge >= 0.3 is 6.18 Å². The van der Waals surface area contributed by atoms with Gasteiger partial charge in [0.25, 0.3) is 0 Å². The molecule has 8 heteroatoms. The molecule has 0 saturated heterocycles. The third-order valence-electron chi connectivity index (χ3n) is 2.95. The van der Waals surface area contributed by atoms with Crippen LogP contribution in [0, 0.1) is 11.6 Å². The maximum atomic E-state index is 13.7. The zero-order valence-corrected chi connectivity index (χ0v) is 11.7. The Bertz CT molecular complexity index is 733. The van der Waals surface area contributed by atoms with Gasteiger partial charge in [0.2, 0.25) is 0 Å². The molecule has 0 aliphatic carbocycles. The Morgan fingerprint density at radius 2 is 1.70 bits per heavy atom. The molecule has 23 heavy (non-hydrogen) atoms. The summed E-state index contributed by atoms with van der Waals surface area (Å²) in [5, 5.41) is 11.7. The minimum absolute atomic E-state index is 0.0249. The highest BCUT2D eigenvalue weighted by molar-refractivity contribution is 5.98. The highest BCUT2D eigenvalue weighted by Crippen LogP contribution is 2.35. The summed E-state index contributed by atoms with van der Waals surface area (Å²) in [6, 6.07) is 6.02. The molecule has 0 heterocycles. The van der Waals surface area contributed by atoms with Crippen LogP contribution in [0.4, 0.5) is 22.0 Å². The first-order valence-corrected chi connectivity index (χ1v) is 6.25. The lowest BCUT2D eigenvalue weighted by atomic mass is 10.1. The third kappa shape index (κ3) is 3.77. The SMILES string of the molecule is CC(=NO)c1cccc(Oc2c(F)cc(C(F)(F)F)cc2F)c1. The molecule has 0 fully saturated rings. The van der Waals surface area contributed by atoms with Crippen LogP contribution in [0.25, 0.3) is 0 Å². The van der Waals surface area contributed by atoms with Gasteiger partial charge in [-0.3, -0.25) is 0 Å². The van der Waals surface area contributed by atoms with E-state index in [1.165, 1.54) is 25.1 Å². The first-order chi connectivity index (χ1) is 10.7. The van der Waals surface area contributed by atoms with Gasteiger partial charge in [0.1, 0.15) is 5.75 Å². The predicted octanol–water partition coefficient (Wildman–Crippen LogP) is 4.97. The molecule has 3 nitrogen and oxygen atoms in total. The largest absolute Gasteiger partial charge is 0.451 e. The summed E-state index contributed by atoms with van der Waals surface area (Å²) < 4.78 is 69.9. The summed E-state index contributed by atoms with van der Waals surface area (Å²) in [6.07, 6.45) is -4.87. The number of oxime groups is 1. The number of halogens is 5. The van der Waals surface area contributed by atoms with Gasteiger partial charge in [-0.15, -0.1) is 0 Å². The van der Waals surface area contributed by atoms with E-state index in [-0.39, 0.29) is 23.6 Å². The zero-order valence-electron chi connectivity index (χ0n) is 11.7. The minimum Gasteiger partial charge on any atom is -0.451 e. The summed E-state index contributed by atoms with van der Waals surface area (Å²) in [6.45, 7) is 1.48. The molecule has 0 bridgehead atoms. The van der Waals surface area contributed by atoms with E-state index in [0.29, 0.717) is 5.56 Å². The van der Waals surface area contributed by atoms with Crippen LogP contribution in [0.3, 0.4) is 0 Å². The normalized spacial score (nSPS) is 12.3. The van der Waals surface area contributed by atoms with E-state index >= 15 is 0 Å². The second-order valence-electron chi connectivity index (χ2n) is 4.58. The molecule has 0 atom stereocenters. The van der Waals surface area contributed by atoms with Gasteiger partial charge in [-0.1, -0.05) is 17.3 Å². The molecule has 2 aromatic carbocycles. The van der Waals surface area contributed by atoms with Crippen molar-refractivity contribution < 1.29 is 31.9 Å². The molecule has 0 radical (unpaired) electrons. The summed E-state index contributed by atoms with van der Waals surface area (Å²) in [7, 11) is 0. The van der Waals surface area contributed by atoms with Gasteiger partial charge in [-0.2, -0.15) is 13.2 Å². The molecule has 0 aliphatic rings. The number of alkyl halides is 3. The molecular weight excluding hydrogens is 321 g/mol. The first-order valence-electron chi connectivity index (χ1n) is 6.25. The lowest BCUT2D eigenvalue weighted by Crippen LogP contribution is -2.07. The lowest BCUT2D eigenvalue weighted by Gasteiger charge is -2.12. The van der Waals surface area contributed by atoms with Crippen LogP contribution in [-0.2, 0) is 6.18 Å². The van der Waals surface area contributed by atoms with Crippen molar-refractivity contribution in [2.24, 2.45) is 5.16 Å². The minimum atomic E-state index is -4.87. The van der Waals surface area contributed by atoms with Crippen LogP contribution < -0.4 is 4.74 Å². The number of hydrogen-bond donors (Lipinski definition) is 1. The molecular formula is C15H10F5NO2. The molecule has 0 spiro atoms. The van der Waals surface area contributed by atoms with Gasteiger partial charge in [0.05, 0.1) is 11.3 Å². The molecule has 2 aromatic rings. The van der Waals surface area contributed by atoms with Crippen molar-refractivity contribution in [2.75, 3.05) is 0 Å². The average Bonchev–Trinajstić information content (AvgIpc) is 2.49. The van der Waals surface area contributed by atoms with Crippen LogP contribution in [-0.4, -0.2) is 10.9 Å². The van der Waals surface area contributed by atoms with E-state index in [1.54, 1.807) is 6.07 Å². The van der Waals surface area contributed by atoms with Gasteiger partial charge in [-0.25, -0.2) is 8.78 Å². The number of hydrogen-bond acceptors (Lipinski definition) is 3. The van der Waals surface area contributed by atoms with Crippen molar-refractivity contribution in [3.05, 3.63) is 59.2 Å². The Morgan fingerprint density at radius 1 is 1.09 bits per heavy atom. The van der Waals surface area contributed by atoms with Gasteiger partial charge < -0.3 is 9.94 Å². The monoisotopic (exact) mass is 331 g/mol. The standard InChI is InChI=1S/C15H10F5NO2/c1-8(21-22)9-3-2-4-11(5-9)23-14-12(16)6-10(7-13(14)17)15(18,19)20/h2-7,22H,1H3. The molecule has 0 aromatic heterocycles. The number of nitrogens with zero attached hydrogens (tertiary/aromatic N) is 1. The van der Waals surface area contributed by atoms with Crippen molar-refractivity contribution in [3.63, 3.8) is 0 Å². The highest BCUT2D eigenvalue weighted by Gasteiger charge is 2.33. The number of benzene rings is 2. The third-order valence-corrected chi connectivity index (χ3v) is 2.95. The second-order valence-corrected chi connectivity index (χ2v) is 4.58. The van der Waals surface area contributed by atoms with Crippen LogP contribution in [0.2, 0.25) is 0 Å². The van der Waals surface area contributed by atoms with E-state index in [9.17, 15) is 22.0 Å². The van der Waals surface area contributed by atoms with Crippen molar-refractivity contribution >= 4 is 5.71 Å². The van der Waals surface area contributed by atoms with E-state index in [1.807, 2.05) is 0 Å². The smallest absolute Gasteiger partial charge is 0.416 e. The molecule has 0 saturated carbocycles. The van der Waals surface area contributed by atoms with E-state index in [4.69, 9.17) is 9.94 Å². The molecule has 2 rings (SSSR count). The van der Waals surface area contributed by atoms with Crippen LogP contribution >= 0.6 is 0 Å². The molecule has 1 N–H and O–H groups in total. The van der Waals surface area contributed by atoms with Crippen LogP contribution in [0.5, 0.6) is 11.5 Å². The summed E-state index contributed by atoms with van der Waals surface area (Å²) in [5.74, 6) is -3.93. The topological polar surface area (TPSA) is 41.8 Å². The van der Waals surface area contributed by atoms with Gasteiger partial charge in [-0.05, 0) is 31.2 Å². The fourth-order valence-corrected chi connectivity index (χ4v) is 1.78. The van der Waals surface area contributed by atoms with Crippen molar-refractivity contribution in [1.29, 1.82) is 0 Å². The number of ether oxygens (including phenoxy) is 1. The summed E-state index contributed by atoms with van der Waals surface area (Å²) in [5.41, 5.74) is -0.807. The van der Waals surface area contributed by atoms with E-state index < -0.39 is 29.1 Å².